The molecule has 0 bridgehead atoms. The second kappa shape index (κ2) is 8.69. The Morgan fingerprint density at radius 3 is 2.30 bits per heavy atom. The number of benzene rings is 3. The average molecular weight is 434 g/mol. The summed E-state index contributed by atoms with van der Waals surface area (Å²) < 4.78 is 0. The molecule has 3 aromatic rings. The summed E-state index contributed by atoms with van der Waals surface area (Å²) in [5.41, 5.74) is 4.87. The Bertz CT molecular complexity index is 1110. The summed E-state index contributed by atoms with van der Waals surface area (Å²) in [6.07, 6.45) is 0. The first kappa shape index (κ1) is 20.1. The normalized spacial score (nSPS) is 15.9. The van der Waals surface area contributed by atoms with Gasteiger partial charge in [-0.1, -0.05) is 71.8 Å². The van der Waals surface area contributed by atoms with E-state index in [4.69, 9.17) is 23.8 Å². The first-order valence-corrected chi connectivity index (χ1v) is 10.3. The van der Waals surface area contributed by atoms with Crippen LogP contribution in [0.25, 0.3) is 5.70 Å². The number of amides is 1. The standard InChI is InChI=1S/C24H20ClN3OS/c1-15-7-13-19(14-8-15)26-23(29)20-21(16-5-3-2-4-6-16)27-24(30)28-22(20)17-9-11-18(25)12-10-17/h2-14,22H,1H3,(H,26,29)(H2,27,28,30)/t22-/m0/s1. The summed E-state index contributed by atoms with van der Waals surface area (Å²) >= 11 is 11.5. The summed E-state index contributed by atoms with van der Waals surface area (Å²) in [6.45, 7) is 2.01. The van der Waals surface area contributed by atoms with Crippen LogP contribution in [-0.2, 0) is 4.79 Å². The number of carbonyl (C=O) groups is 1. The molecular weight excluding hydrogens is 414 g/mol. The molecule has 0 unspecified atom stereocenters. The summed E-state index contributed by atoms with van der Waals surface area (Å²) in [5, 5.41) is 10.5. The number of hydrogen-bond acceptors (Lipinski definition) is 2. The highest BCUT2D eigenvalue weighted by Crippen LogP contribution is 2.32. The van der Waals surface area contributed by atoms with Gasteiger partial charge in [-0.25, -0.2) is 0 Å². The first-order valence-electron chi connectivity index (χ1n) is 9.52. The van der Waals surface area contributed by atoms with Crippen LogP contribution in [0.4, 0.5) is 5.69 Å². The molecular formula is C24H20ClN3OS. The fourth-order valence-corrected chi connectivity index (χ4v) is 3.73. The van der Waals surface area contributed by atoms with Gasteiger partial charge in [0.05, 0.1) is 17.3 Å². The molecule has 1 amide bonds. The van der Waals surface area contributed by atoms with E-state index in [1.165, 1.54) is 0 Å². The Labute approximate surface area is 186 Å². The number of nitrogens with one attached hydrogen (secondary N) is 3. The minimum Gasteiger partial charge on any atom is -0.351 e. The summed E-state index contributed by atoms with van der Waals surface area (Å²) in [5.74, 6) is -0.208. The van der Waals surface area contributed by atoms with Crippen LogP contribution in [0.2, 0.25) is 5.02 Å². The average Bonchev–Trinajstić information content (AvgIpc) is 2.76. The zero-order valence-electron chi connectivity index (χ0n) is 16.3. The van der Waals surface area contributed by atoms with Crippen molar-refractivity contribution >= 4 is 46.2 Å². The van der Waals surface area contributed by atoms with Crippen molar-refractivity contribution in [2.45, 2.75) is 13.0 Å². The summed E-state index contributed by atoms with van der Waals surface area (Å²) in [4.78, 5) is 13.5. The monoisotopic (exact) mass is 433 g/mol. The Balaban J connectivity index is 1.81. The molecule has 0 spiro atoms. The lowest BCUT2D eigenvalue weighted by Gasteiger charge is -2.31. The summed E-state index contributed by atoms with van der Waals surface area (Å²) in [7, 11) is 0. The molecule has 3 aromatic carbocycles. The fourth-order valence-electron chi connectivity index (χ4n) is 3.38. The Hall–Kier alpha value is -3.15. The van der Waals surface area contributed by atoms with Crippen LogP contribution in [0.3, 0.4) is 0 Å². The van der Waals surface area contributed by atoms with Gasteiger partial charge in [0, 0.05) is 10.7 Å². The van der Waals surface area contributed by atoms with E-state index < -0.39 is 6.04 Å². The third-order valence-electron chi connectivity index (χ3n) is 4.89. The molecule has 1 aliphatic heterocycles. The van der Waals surface area contributed by atoms with E-state index in [1.54, 1.807) is 12.1 Å². The van der Waals surface area contributed by atoms with Crippen LogP contribution >= 0.6 is 23.8 Å². The van der Waals surface area contributed by atoms with Crippen LogP contribution in [-0.4, -0.2) is 11.0 Å². The van der Waals surface area contributed by atoms with Crippen LogP contribution < -0.4 is 16.0 Å². The molecule has 4 rings (SSSR count). The van der Waals surface area contributed by atoms with Gasteiger partial charge in [-0.2, -0.15) is 0 Å². The van der Waals surface area contributed by atoms with Crippen molar-refractivity contribution in [3.05, 3.63) is 106 Å². The maximum Gasteiger partial charge on any atom is 0.256 e. The van der Waals surface area contributed by atoms with E-state index >= 15 is 0 Å². The van der Waals surface area contributed by atoms with Crippen LogP contribution in [0, 0.1) is 6.92 Å². The number of thiocarbonyl (C=S) groups is 1. The molecule has 30 heavy (non-hydrogen) atoms. The molecule has 0 fully saturated rings. The van der Waals surface area contributed by atoms with Gasteiger partial charge in [0.25, 0.3) is 5.91 Å². The number of aryl methyl sites for hydroxylation is 1. The quantitative estimate of drug-likeness (QED) is 0.494. The molecule has 0 radical (unpaired) electrons. The third-order valence-corrected chi connectivity index (χ3v) is 5.36. The third kappa shape index (κ3) is 4.37. The van der Waals surface area contributed by atoms with Crippen LogP contribution in [0.1, 0.15) is 22.7 Å². The predicted octanol–water partition coefficient (Wildman–Crippen LogP) is 5.22. The van der Waals surface area contributed by atoms with Crippen molar-refractivity contribution in [3.8, 4) is 0 Å². The second-order valence-corrected chi connectivity index (χ2v) is 7.90. The summed E-state index contributed by atoms with van der Waals surface area (Å²) in [6, 6.07) is 24.4. The molecule has 4 nitrogen and oxygen atoms in total. The van der Waals surface area contributed by atoms with Crippen LogP contribution in [0.15, 0.2) is 84.4 Å². The number of halogens is 1. The van der Waals surface area contributed by atoms with Gasteiger partial charge < -0.3 is 16.0 Å². The van der Waals surface area contributed by atoms with Crippen molar-refractivity contribution in [2.75, 3.05) is 5.32 Å². The van der Waals surface area contributed by atoms with E-state index in [1.807, 2.05) is 73.7 Å². The van der Waals surface area contributed by atoms with Crippen molar-refractivity contribution in [1.82, 2.24) is 10.6 Å². The van der Waals surface area contributed by atoms with Gasteiger partial charge in [0.15, 0.2) is 5.11 Å². The molecule has 6 heteroatoms. The van der Waals surface area contributed by atoms with Crippen molar-refractivity contribution in [1.29, 1.82) is 0 Å². The van der Waals surface area contributed by atoms with Gasteiger partial charge in [-0.05, 0) is 54.5 Å². The Morgan fingerprint density at radius 2 is 1.63 bits per heavy atom. The first-order chi connectivity index (χ1) is 14.5. The SMILES string of the molecule is Cc1ccc(NC(=O)C2=C(c3ccccc3)NC(=S)N[C@H]2c2ccc(Cl)cc2)cc1. The smallest absolute Gasteiger partial charge is 0.256 e. The second-order valence-electron chi connectivity index (χ2n) is 7.06. The number of anilines is 1. The molecule has 1 atom stereocenters. The fraction of sp³-hybridized carbons (Fsp3) is 0.0833. The lowest BCUT2D eigenvalue weighted by atomic mass is 9.92. The van der Waals surface area contributed by atoms with E-state index in [0.717, 1.165) is 22.4 Å². The molecule has 1 aliphatic rings. The minimum absolute atomic E-state index is 0.208. The van der Waals surface area contributed by atoms with Crippen molar-refractivity contribution in [3.63, 3.8) is 0 Å². The number of carbonyl (C=O) groups excluding carboxylic acids is 1. The van der Waals surface area contributed by atoms with Gasteiger partial charge in [0.1, 0.15) is 0 Å². The zero-order valence-corrected chi connectivity index (χ0v) is 17.8. The molecule has 150 valence electrons. The molecule has 0 aromatic heterocycles. The molecule has 0 saturated carbocycles. The molecule has 3 N–H and O–H groups in total. The molecule has 1 heterocycles. The largest absolute Gasteiger partial charge is 0.351 e. The van der Waals surface area contributed by atoms with Crippen molar-refractivity contribution < 1.29 is 4.79 Å². The maximum atomic E-state index is 13.5. The Kier molecular flexibility index (Phi) is 5.84. The van der Waals surface area contributed by atoms with E-state index in [0.29, 0.717) is 21.4 Å². The lowest BCUT2D eigenvalue weighted by molar-refractivity contribution is -0.113. The lowest BCUT2D eigenvalue weighted by Crippen LogP contribution is -2.45. The molecule has 0 saturated heterocycles. The van der Waals surface area contributed by atoms with Crippen LogP contribution in [0.5, 0.6) is 0 Å². The highest BCUT2D eigenvalue weighted by atomic mass is 35.5. The van der Waals surface area contributed by atoms with Gasteiger partial charge in [-0.15, -0.1) is 0 Å². The zero-order chi connectivity index (χ0) is 21.1. The number of rotatable bonds is 4. The topological polar surface area (TPSA) is 53.2 Å². The van der Waals surface area contributed by atoms with Gasteiger partial charge in [0.2, 0.25) is 0 Å². The highest BCUT2D eigenvalue weighted by Gasteiger charge is 2.32. The highest BCUT2D eigenvalue weighted by molar-refractivity contribution is 7.80. The van der Waals surface area contributed by atoms with E-state index in [-0.39, 0.29) is 5.91 Å². The van der Waals surface area contributed by atoms with Gasteiger partial charge >= 0.3 is 0 Å². The maximum absolute atomic E-state index is 13.5. The minimum atomic E-state index is -0.420. The Morgan fingerprint density at radius 1 is 0.967 bits per heavy atom. The van der Waals surface area contributed by atoms with E-state index in [9.17, 15) is 4.79 Å². The van der Waals surface area contributed by atoms with Crippen molar-refractivity contribution in [2.24, 2.45) is 0 Å². The number of hydrogen-bond donors (Lipinski definition) is 3. The molecule has 0 aliphatic carbocycles. The van der Waals surface area contributed by atoms with E-state index in [2.05, 4.69) is 16.0 Å². The van der Waals surface area contributed by atoms with Gasteiger partial charge in [-0.3, -0.25) is 4.79 Å². The predicted molar refractivity (Wildman–Crippen MR) is 126 cm³/mol.